The van der Waals surface area contributed by atoms with Crippen LogP contribution in [0.3, 0.4) is 0 Å². The SMILES string of the molecule is O=C(NCc1cccnc1)Nc1cccc(S(=O)(=O)O)c1. The number of nitrogens with one attached hydrogen (secondary N) is 2. The third-order valence-corrected chi connectivity index (χ3v) is 3.42. The first-order valence-electron chi connectivity index (χ1n) is 5.96. The summed E-state index contributed by atoms with van der Waals surface area (Å²) in [6.45, 7) is 0.289. The summed E-state index contributed by atoms with van der Waals surface area (Å²) in [5, 5.41) is 5.08. The topological polar surface area (TPSA) is 108 Å². The molecule has 110 valence electrons. The van der Waals surface area contributed by atoms with Gasteiger partial charge in [0.2, 0.25) is 0 Å². The third-order valence-electron chi connectivity index (χ3n) is 2.57. The number of hydrogen-bond acceptors (Lipinski definition) is 4. The third kappa shape index (κ3) is 4.55. The Bertz CT molecular complexity index is 732. The predicted octanol–water partition coefficient (Wildman–Crippen LogP) is 1.65. The van der Waals surface area contributed by atoms with Gasteiger partial charge in [-0.2, -0.15) is 8.42 Å². The number of carbonyl (C=O) groups is 1. The van der Waals surface area contributed by atoms with Crippen LogP contribution in [-0.4, -0.2) is 24.0 Å². The van der Waals surface area contributed by atoms with Crippen LogP contribution in [0.4, 0.5) is 10.5 Å². The maximum absolute atomic E-state index is 11.7. The predicted molar refractivity (Wildman–Crippen MR) is 76.4 cm³/mol. The fraction of sp³-hybridized carbons (Fsp3) is 0.0769. The number of anilines is 1. The molecular formula is C13H13N3O4S. The highest BCUT2D eigenvalue weighted by atomic mass is 32.2. The van der Waals surface area contributed by atoms with Crippen LogP contribution in [0.1, 0.15) is 5.56 Å². The standard InChI is InChI=1S/C13H13N3O4S/c17-13(15-9-10-3-2-6-14-8-10)16-11-4-1-5-12(7-11)21(18,19)20/h1-8H,9H2,(H2,15,16,17)(H,18,19,20). The number of nitrogens with zero attached hydrogens (tertiary/aromatic N) is 1. The number of hydrogen-bond donors (Lipinski definition) is 3. The molecule has 0 radical (unpaired) electrons. The van der Waals surface area contributed by atoms with E-state index in [1.165, 1.54) is 24.3 Å². The number of aromatic nitrogens is 1. The molecule has 1 aromatic heterocycles. The lowest BCUT2D eigenvalue weighted by Crippen LogP contribution is -2.28. The van der Waals surface area contributed by atoms with Gasteiger partial charge in [0.25, 0.3) is 10.1 Å². The van der Waals surface area contributed by atoms with Crippen molar-refractivity contribution in [3.8, 4) is 0 Å². The molecule has 1 aromatic carbocycles. The Morgan fingerprint density at radius 3 is 2.71 bits per heavy atom. The largest absolute Gasteiger partial charge is 0.334 e. The van der Waals surface area contributed by atoms with E-state index in [-0.39, 0.29) is 17.1 Å². The number of rotatable bonds is 4. The van der Waals surface area contributed by atoms with Gasteiger partial charge >= 0.3 is 6.03 Å². The molecule has 2 aromatic rings. The first-order valence-corrected chi connectivity index (χ1v) is 7.40. The first kappa shape index (κ1) is 14.9. The van der Waals surface area contributed by atoms with Crippen LogP contribution in [0.25, 0.3) is 0 Å². The van der Waals surface area contributed by atoms with Gasteiger partial charge in [-0.15, -0.1) is 0 Å². The minimum Gasteiger partial charge on any atom is -0.334 e. The summed E-state index contributed by atoms with van der Waals surface area (Å²) in [5.74, 6) is 0. The maximum atomic E-state index is 11.7. The lowest BCUT2D eigenvalue weighted by molar-refractivity contribution is 0.251. The van der Waals surface area contributed by atoms with E-state index < -0.39 is 16.1 Å². The Morgan fingerprint density at radius 2 is 2.05 bits per heavy atom. The average Bonchev–Trinajstić information content (AvgIpc) is 2.46. The van der Waals surface area contributed by atoms with E-state index in [0.29, 0.717) is 0 Å². The molecule has 21 heavy (non-hydrogen) atoms. The average molecular weight is 307 g/mol. The van der Waals surface area contributed by atoms with Crippen LogP contribution in [0, 0.1) is 0 Å². The van der Waals surface area contributed by atoms with Gasteiger partial charge in [0.15, 0.2) is 0 Å². The molecule has 0 unspecified atom stereocenters. The number of amides is 2. The van der Waals surface area contributed by atoms with Crippen molar-refractivity contribution in [3.05, 3.63) is 54.4 Å². The Kier molecular flexibility index (Phi) is 4.51. The van der Waals surface area contributed by atoms with Crippen molar-refractivity contribution in [1.82, 2.24) is 10.3 Å². The fourth-order valence-electron chi connectivity index (χ4n) is 1.59. The second-order valence-electron chi connectivity index (χ2n) is 4.17. The molecule has 0 aliphatic carbocycles. The molecule has 2 amide bonds. The molecule has 2 rings (SSSR count). The Balaban J connectivity index is 1.97. The zero-order chi connectivity index (χ0) is 15.3. The van der Waals surface area contributed by atoms with Crippen LogP contribution >= 0.6 is 0 Å². The number of benzene rings is 1. The quantitative estimate of drug-likeness (QED) is 0.744. The highest BCUT2D eigenvalue weighted by Crippen LogP contribution is 2.14. The van der Waals surface area contributed by atoms with E-state index >= 15 is 0 Å². The zero-order valence-corrected chi connectivity index (χ0v) is 11.7. The van der Waals surface area contributed by atoms with Crippen molar-refractivity contribution in [2.24, 2.45) is 0 Å². The van der Waals surface area contributed by atoms with Crippen molar-refractivity contribution in [1.29, 1.82) is 0 Å². The molecule has 0 aliphatic heterocycles. The maximum Gasteiger partial charge on any atom is 0.319 e. The first-order chi connectivity index (χ1) is 9.95. The van der Waals surface area contributed by atoms with Gasteiger partial charge in [0.05, 0.1) is 4.90 Å². The number of pyridine rings is 1. The van der Waals surface area contributed by atoms with Crippen LogP contribution in [-0.2, 0) is 16.7 Å². The molecule has 0 fully saturated rings. The number of carbonyl (C=O) groups excluding carboxylic acids is 1. The molecule has 0 atom stereocenters. The molecule has 1 heterocycles. The number of urea groups is 1. The van der Waals surface area contributed by atoms with Gasteiger partial charge in [-0.3, -0.25) is 9.54 Å². The van der Waals surface area contributed by atoms with Crippen LogP contribution in [0.15, 0.2) is 53.7 Å². The summed E-state index contributed by atoms with van der Waals surface area (Å²) >= 11 is 0. The van der Waals surface area contributed by atoms with Crippen molar-refractivity contribution in [2.45, 2.75) is 11.4 Å². The van der Waals surface area contributed by atoms with Gasteiger partial charge in [-0.1, -0.05) is 12.1 Å². The molecule has 0 saturated heterocycles. The summed E-state index contributed by atoms with van der Waals surface area (Å²) in [5.41, 5.74) is 1.09. The lowest BCUT2D eigenvalue weighted by Gasteiger charge is -2.08. The van der Waals surface area contributed by atoms with Gasteiger partial charge in [-0.05, 0) is 29.8 Å². The van der Waals surface area contributed by atoms with Crippen LogP contribution < -0.4 is 10.6 Å². The second-order valence-corrected chi connectivity index (χ2v) is 5.59. The fourth-order valence-corrected chi connectivity index (χ4v) is 2.12. The Morgan fingerprint density at radius 1 is 1.24 bits per heavy atom. The molecule has 0 spiro atoms. The van der Waals surface area contributed by atoms with E-state index in [1.54, 1.807) is 18.5 Å². The van der Waals surface area contributed by atoms with Crippen molar-refractivity contribution in [2.75, 3.05) is 5.32 Å². The minimum absolute atomic E-state index is 0.258. The smallest absolute Gasteiger partial charge is 0.319 e. The summed E-state index contributed by atoms with van der Waals surface area (Å²) in [7, 11) is -4.30. The second kappa shape index (κ2) is 6.33. The summed E-state index contributed by atoms with van der Waals surface area (Å²) in [6.07, 6.45) is 3.25. The molecule has 0 saturated carbocycles. The molecule has 0 bridgehead atoms. The molecule has 7 nitrogen and oxygen atoms in total. The minimum atomic E-state index is -4.30. The highest BCUT2D eigenvalue weighted by molar-refractivity contribution is 7.85. The highest BCUT2D eigenvalue weighted by Gasteiger charge is 2.10. The lowest BCUT2D eigenvalue weighted by atomic mass is 10.3. The van der Waals surface area contributed by atoms with E-state index in [1.807, 2.05) is 6.07 Å². The molecule has 0 aliphatic rings. The van der Waals surface area contributed by atoms with E-state index in [0.717, 1.165) is 5.56 Å². The van der Waals surface area contributed by atoms with Gasteiger partial charge < -0.3 is 10.6 Å². The summed E-state index contributed by atoms with van der Waals surface area (Å²) in [6, 6.07) is 8.40. The Hall–Kier alpha value is -2.45. The van der Waals surface area contributed by atoms with Crippen molar-refractivity contribution in [3.63, 3.8) is 0 Å². The Labute approximate surface area is 121 Å². The van der Waals surface area contributed by atoms with Gasteiger partial charge in [0.1, 0.15) is 0 Å². The molecule has 3 N–H and O–H groups in total. The van der Waals surface area contributed by atoms with E-state index in [4.69, 9.17) is 4.55 Å². The van der Waals surface area contributed by atoms with Crippen molar-refractivity contribution >= 4 is 21.8 Å². The van der Waals surface area contributed by atoms with Crippen LogP contribution in [0.5, 0.6) is 0 Å². The van der Waals surface area contributed by atoms with Gasteiger partial charge in [-0.25, -0.2) is 4.79 Å². The van der Waals surface area contributed by atoms with E-state index in [9.17, 15) is 13.2 Å². The summed E-state index contributed by atoms with van der Waals surface area (Å²) in [4.78, 5) is 15.3. The zero-order valence-electron chi connectivity index (χ0n) is 10.9. The van der Waals surface area contributed by atoms with E-state index in [2.05, 4.69) is 15.6 Å². The van der Waals surface area contributed by atoms with Gasteiger partial charge in [0, 0.05) is 24.6 Å². The molecule has 8 heteroatoms. The van der Waals surface area contributed by atoms with Crippen molar-refractivity contribution < 1.29 is 17.8 Å². The normalized spacial score (nSPS) is 10.9. The van der Waals surface area contributed by atoms with Crippen LogP contribution in [0.2, 0.25) is 0 Å². The monoisotopic (exact) mass is 307 g/mol. The molecular weight excluding hydrogens is 294 g/mol. The summed E-state index contributed by atoms with van der Waals surface area (Å²) < 4.78 is 30.9.